The third-order valence-electron chi connectivity index (χ3n) is 3.82. The van der Waals surface area contributed by atoms with Crippen LogP contribution in [-0.2, 0) is 14.6 Å². The Bertz CT molecular complexity index is 488. The smallest absolute Gasteiger partial charge is 0.395 e. The van der Waals surface area contributed by atoms with Crippen LogP contribution in [0.2, 0.25) is 0 Å². The third kappa shape index (κ3) is 5.53. The number of β-amino-alcohol motifs (C(OH)–C–C–N with tert-alkyl or cyclic N) is 2. The molecule has 1 fully saturated rings. The van der Waals surface area contributed by atoms with E-state index in [0.717, 1.165) is 0 Å². The highest BCUT2D eigenvalue weighted by molar-refractivity contribution is 7.80. The zero-order valence-electron chi connectivity index (χ0n) is 12.5. The van der Waals surface area contributed by atoms with Crippen molar-refractivity contribution < 1.29 is 52.9 Å². The van der Waals surface area contributed by atoms with Gasteiger partial charge in [0.15, 0.2) is 0 Å². The summed E-state index contributed by atoms with van der Waals surface area (Å²) in [5.74, 6) is 0. The molecule has 1 saturated heterocycles. The van der Waals surface area contributed by atoms with E-state index in [4.69, 9.17) is 9.66 Å². The van der Waals surface area contributed by atoms with E-state index >= 15 is 0 Å². The molecule has 0 amide bonds. The fourth-order valence-corrected chi connectivity index (χ4v) is 3.07. The third-order valence-corrected chi connectivity index (χ3v) is 4.28. The van der Waals surface area contributed by atoms with Crippen molar-refractivity contribution in [3.8, 4) is 0 Å². The lowest BCUT2D eigenvalue weighted by Gasteiger charge is -2.32. The van der Waals surface area contributed by atoms with E-state index in [-0.39, 0.29) is 6.54 Å². The Kier molecular flexibility index (Phi) is 7.89. The van der Waals surface area contributed by atoms with Gasteiger partial charge in [-0.05, 0) is 0 Å². The van der Waals surface area contributed by atoms with Gasteiger partial charge < -0.3 is 35.7 Å². The van der Waals surface area contributed by atoms with Crippen LogP contribution >= 0.6 is 0 Å². The van der Waals surface area contributed by atoms with Crippen molar-refractivity contribution in [2.75, 3.05) is 26.3 Å². The maximum Gasteiger partial charge on any atom is 0.397 e. The van der Waals surface area contributed by atoms with Gasteiger partial charge >= 0.3 is 10.4 Å². The second kappa shape index (κ2) is 8.77. The molecule has 0 aromatic heterocycles. The molecule has 1 rings (SSSR count). The summed E-state index contributed by atoms with van der Waals surface area (Å²) in [6.45, 7) is -2.19. The van der Waals surface area contributed by atoms with Crippen LogP contribution in [0.4, 0.5) is 0 Å². The molecule has 0 bridgehead atoms. The highest BCUT2D eigenvalue weighted by atomic mass is 32.3. The summed E-state index contributed by atoms with van der Waals surface area (Å²) in [6, 6.07) is -0.957. The lowest BCUT2D eigenvalue weighted by atomic mass is 10.0. The van der Waals surface area contributed by atoms with Gasteiger partial charge in [-0.3, -0.25) is 9.45 Å². The number of aliphatic hydroxyl groups excluding tert-OH is 7. The Balaban J connectivity index is 2.89. The summed E-state index contributed by atoms with van der Waals surface area (Å²) in [7, 11) is -5.11. The minimum absolute atomic E-state index is 0.166. The Hall–Kier alpha value is -0.450. The van der Waals surface area contributed by atoms with Crippen LogP contribution in [0.3, 0.4) is 0 Å². The molecule has 13 heteroatoms. The van der Waals surface area contributed by atoms with Crippen LogP contribution in [0, 0.1) is 0 Å². The topological polar surface area (TPSA) is 208 Å². The SMILES string of the molecule is O=S(=O)(O)O[C@@H]([C@H](O)[C@H](O)CO)[C@@H](O)CN1C[C@@H](O)[C@H](O)[C@H]1CO. The predicted molar refractivity (Wildman–Crippen MR) is 76.0 cm³/mol. The average Bonchev–Trinajstić information content (AvgIpc) is 2.76. The number of hydrogen-bond donors (Lipinski definition) is 8. The lowest BCUT2D eigenvalue weighted by molar-refractivity contribution is -0.111. The van der Waals surface area contributed by atoms with Crippen LogP contribution in [0.25, 0.3) is 0 Å². The fourth-order valence-electron chi connectivity index (χ4n) is 2.55. The number of aliphatic hydroxyl groups is 7. The predicted octanol–water partition coefficient (Wildman–Crippen LogP) is -5.35. The molecular formula is C11H23NO11S. The highest BCUT2D eigenvalue weighted by Crippen LogP contribution is 2.21. The molecule has 0 aromatic rings. The molecule has 1 heterocycles. The van der Waals surface area contributed by atoms with Crippen molar-refractivity contribution in [3.63, 3.8) is 0 Å². The second-order valence-corrected chi connectivity index (χ2v) is 6.61. The zero-order valence-corrected chi connectivity index (χ0v) is 13.3. The lowest BCUT2D eigenvalue weighted by Crippen LogP contribution is -2.53. The summed E-state index contributed by atoms with van der Waals surface area (Å²) in [6.07, 6.45) is -10.3. The average molecular weight is 377 g/mol. The first-order valence-corrected chi connectivity index (χ1v) is 8.40. The molecule has 0 unspecified atom stereocenters. The van der Waals surface area contributed by atoms with Crippen molar-refractivity contribution in [2.24, 2.45) is 0 Å². The molecule has 1 aliphatic rings. The largest absolute Gasteiger partial charge is 0.397 e. The van der Waals surface area contributed by atoms with Gasteiger partial charge in [0.25, 0.3) is 0 Å². The van der Waals surface area contributed by atoms with Crippen LogP contribution < -0.4 is 0 Å². The fraction of sp³-hybridized carbons (Fsp3) is 1.00. The molecule has 0 saturated carbocycles. The first-order chi connectivity index (χ1) is 11.0. The summed E-state index contributed by atoms with van der Waals surface area (Å²) < 4.78 is 34.6. The summed E-state index contributed by atoms with van der Waals surface area (Å²) in [5, 5.41) is 66.5. The second-order valence-electron chi connectivity index (χ2n) is 5.56. The minimum Gasteiger partial charge on any atom is -0.395 e. The van der Waals surface area contributed by atoms with Crippen molar-refractivity contribution in [2.45, 2.75) is 42.7 Å². The maximum atomic E-state index is 10.9. The molecule has 24 heavy (non-hydrogen) atoms. The Morgan fingerprint density at radius 2 is 1.71 bits per heavy atom. The first kappa shape index (κ1) is 21.6. The van der Waals surface area contributed by atoms with Gasteiger partial charge in [-0.2, -0.15) is 8.42 Å². The molecule has 0 spiro atoms. The molecule has 7 atom stereocenters. The Morgan fingerprint density at radius 1 is 1.12 bits per heavy atom. The van der Waals surface area contributed by atoms with Crippen molar-refractivity contribution in [1.82, 2.24) is 4.90 Å². The van der Waals surface area contributed by atoms with Gasteiger partial charge in [0.1, 0.15) is 18.3 Å². The van der Waals surface area contributed by atoms with E-state index in [1.807, 2.05) is 0 Å². The van der Waals surface area contributed by atoms with Crippen LogP contribution in [0.1, 0.15) is 0 Å². The molecule has 1 aliphatic heterocycles. The molecule has 0 aromatic carbocycles. The monoisotopic (exact) mass is 377 g/mol. The van der Waals surface area contributed by atoms with Gasteiger partial charge in [-0.15, -0.1) is 0 Å². The molecule has 8 N–H and O–H groups in total. The van der Waals surface area contributed by atoms with Crippen molar-refractivity contribution >= 4 is 10.4 Å². The normalized spacial score (nSPS) is 30.9. The van der Waals surface area contributed by atoms with E-state index in [2.05, 4.69) is 4.18 Å². The van der Waals surface area contributed by atoms with E-state index in [1.54, 1.807) is 0 Å². The number of hydrogen-bond acceptors (Lipinski definition) is 11. The molecule has 144 valence electrons. The van der Waals surface area contributed by atoms with Gasteiger partial charge in [-0.1, -0.05) is 0 Å². The number of nitrogens with zero attached hydrogens (tertiary/aromatic N) is 1. The molecule has 0 radical (unpaired) electrons. The quantitative estimate of drug-likeness (QED) is 0.177. The van der Waals surface area contributed by atoms with Crippen molar-refractivity contribution in [3.05, 3.63) is 0 Å². The number of rotatable bonds is 9. The molecule has 12 nitrogen and oxygen atoms in total. The van der Waals surface area contributed by atoms with Gasteiger partial charge in [-0.25, -0.2) is 4.18 Å². The highest BCUT2D eigenvalue weighted by Gasteiger charge is 2.43. The summed E-state index contributed by atoms with van der Waals surface area (Å²) >= 11 is 0. The van der Waals surface area contributed by atoms with E-state index in [9.17, 15) is 39.1 Å². The van der Waals surface area contributed by atoms with E-state index in [0.29, 0.717) is 0 Å². The zero-order chi connectivity index (χ0) is 18.7. The summed E-state index contributed by atoms with van der Waals surface area (Å²) in [5.41, 5.74) is 0. The van der Waals surface area contributed by atoms with Gasteiger partial charge in [0, 0.05) is 13.1 Å². The first-order valence-electron chi connectivity index (χ1n) is 7.03. The van der Waals surface area contributed by atoms with Gasteiger partial charge in [0.05, 0.1) is 37.6 Å². The standard InChI is InChI=1S/C11H23NO11S/c13-3-5-9(18)6(15)1-12(5)2-7(16)11(23-24(20,21)22)10(19)8(17)4-14/h5-11,13-19H,1-4H2,(H,20,21,22)/t5-,6-,7+,8-,9-,10-,11-/m1/s1. The number of likely N-dealkylation sites (tertiary alicyclic amines) is 1. The molecular weight excluding hydrogens is 354 g/mol. The van der Waals surface area contributed by atoms with Gasteiger partial charge in [0.2, 0.25) is 0 Å². The van der Waals surface area contributed by atoms with E-state index < -0.39 is 72.8 Å². The van der Waals surface area contributed by atoms with E-state index in [1.165, 1.54) is 4.90 Å². The Labute approximate surface area is 138 Å². The van der Waals surface area contributed by atoms with Crippen LogP contribution in [0.5, 0.6) is 0 Å². The van der Waals surface area contributed by atoms with Crippen molar-refractivity contribution in [1.29, 1.82) is 0 Å². The maximum absolute atomic E-state index is 10.9. The Morgan fingerprint density at radius 3 is 2.17 bits per heavy atom. The van der Waals surface area contributed by atoms with Crippen LogP contribution in [0.15, 0.2) is 0 Å². The summed E-state index contributed by atoms with van der Waals surface area (Å²) in [4.78, 5) is 1.22. The molecule has 0 aliphatic carbocycles. The minimum atomic E-state index is -5.11. The van der Waals surface area contributed by atoms with Crippen LogP contribution in [-0.4, -0.2) is 123 Å².